The summed E-state index contributed by atoms with van der Waals surface area (Å²) in [5, 5.41) is 2.97. The number of amides is 1. The number of rotatable bonds is 3. The third kappa shape index (κ3) is 3.11. The van der Waals surface area contributed by atoms with E-state index in [1.165, 1.54) is 0 Å². The predicted octanol–water partition coefficient (Wildman–Crippen LogP) is 1.15. The first-order valence-electron chi connectivity index (χ1n) is 8.45. The molecule has 0 saturated carbocycles. The summed E-state index contributed by atoms with van der Waals surface area (Å²) in [4.78, 5) is 19.1. The van der Waals surface area contributed by atoms with Gasteiger partial charge in [0.2, 0.25) is 5.91 Å². The SMILES string of the molecule is O=C(Nc1cccnc1)[C@H]1CO[C@@H]2CN(C3CCOCC3)C[C@H]12. The normalized spacial score (nSPS) is 31.9. The lowest BCUT2D eigenvalue weighted by Crippen LogP contribution is -2.40. The van der Waals surface area contributed by atoms with Crippen molar-refractivity contribution in [3.63, 3.8) is 0 Å². The molecule has 1 aromatic rings. The Morgan fingerprint density at radius 2 is 2.17 bits per heavy atom. The molecule has 3 fully saturated rings. The fourth-order valence-corrected chi connectivity index (χ4v) is 4.03. The minimum absolute atomic E-state index is 0.0549. The van der Waals surface area contributed by atoms with E-state index in [9.17, 15) is 4.79 Å². The highest BCUT2D eigenvalue weighted by molar-refractivity contribution is 5.92. The van der Waals surface area contributed by atoms with Crippen LogP contribution in [0.5, 0.6) is 0 Å². The van der Waals surface area contributed by atoms with Crippen LogP contribution in [0.2, 0.25) is 0 Å². The van der Waals surface area contributed by atoms with Gasteiger partial charge in [-0.05, 0) is 25.0 Å². The number of likely N-dealkylation sites (tertiary alicyclic amines) is 1. The number of ether oxygens (including phenoxy) is 2. The number of hydrogen-bond donors (Lipinski definition) is 1. The molecule has 0 aliphatic carbocycles. The molecule has 4 rings (SSSR count). The lowest BCUT2D eigenvalue weighted by molar-refractivity contribution is -0.120. The molecule has 1 aromatic heterocycles. The van der Waals surface area contributed by atoms with Crippen molar-refractivity contribution in [1.29, 1.82) is 0 Å². The molecule has 1 N–H and O–H groups in total. The van der Waals surface area contributed by atoms with Crippen molar-refractivity contribution in [3.8, 4) is 0 Å². The molecule has 0 bridgehead atoms. The Kier molecular flexibility index (Phi) is 4.29. The molecule has 0 radical (unpaired) electrons. The van der Waals surface area contributed by atoms with Gasteiger partial charge < -0.3 is 14.8 Å². The second-order valence-electron chi connectivity index (χ2n) is 6.67. The first-order chi connectivity index (χ1) is 11.3. The number of fused-ring (bicyclic) bond motifs is 1. The Hall–Kier alpha value is -1.50. The van der Waals surface area contributed by atoms with Gasteiger partial charge in [0.15, 0.2) is 0 Å². The van der Waals surface area contributed by atoms with Crippen LogP contribution >= 0.6 is 0 Å². The summed E-state index contributed by atoms with van der Waals surface area (Å²) in [6, 6.07) is 4.27. The van der Waals surface area contributed by atoms with Crippen LogP contribution in [0.1, 0.15) is 12.8 Å². The van der Waals surface area contributed by atoms with Gasteiger partial charge in [-0.25, -0.2) is 0 Å². The van der Waals surface area contributed by atoms with Gasteiger partial charge in [-0.1, -0.05) is 0 Å². The highest BCUT2D eigenvalue weighted by Crippen LogP contribution is 2.36. The first kappa shape index (κ1) is 15.1. The van der Waals surface area contributed by atoms with E-state index in [-0.39, 0.29) is 17.9 Å². The van der Waals surface area contributed by atoms with Crippen molar-refractivity contribution in [2.75, 3.05) is 38.2 Å². The summed E-state index contributed by atoms with van der Waals surface area (Å²) in [7, 11) is 0. The number of anilines is 1. The number of pyridine rings is 1. The number of carbonyl (C=O) groups excluding carboxylic acids is 1. The molecular weight excluding hydrogens is 294 g/mol. The molecule has 3 atom stereocenters. The van der Waals surface area contributed by atoms with Gasteiger partial charge >= 0.3 is 0 Å². The molecule has 23 heavy (non-hydrogen) atoms. The smallest absolute Gasteiger partial charge is 0.230 e. The Morgan fingerprint density at radius 1 is 1.30 bits per heavy atom. The van der Waals surface area contributed by atoms with Crippen LogP contribution in [-0.2, 0) is 14.3 Å². The third-order valence-electron chi connectivity index (χ3n) is 5.32. The third-order valence-corrected chi connectivity index (χ3v) is 5.32. The van der Waals surface area contributed by atoms with E-state index in [4.69, 9.17) is 9.47 Å². The molecule has 3 aliphatic heterocycles. The minimum Gasteiger partial charge on any atom is -0.381 e. The Balaban J connectivity index is 1.38. The average Bonchev–Trinajstić information content (AvgIpc) is 3.17. The van der Waals surface area contributed by atoms with Crippen molar-refractivity contribution in [2.45, 2.75) is 25.0 Å². The molecule has 0 spiro atoms. The van der Waals surface area contributed by atoms with Crippen molar-refractivity contribution in [2.24, 2.45) is 11.8 Å². The average molecular weight is 317 g/mol. The number of nitrogens with zero attached hydrogens (tertiary/aromatic N) is 2. The summed E-state index contributed by atoms with van der Waals surface area (Å²) in [5.41, 5.74) is 0.750. The Bertz CT molecular complexity index is 547. The summed E-state index contributed by atoms with van der Waals surface area (Å²) in [6.07, 6.45) is 5.75. The maximum atomic E-state index is 12.6. The van der Waals surface area contributed by atoms with Gasteiger partial charge in [0.05, 0.1) is 30.5 Å². The molecule has 0 aromatic carbocycles. The van der Waals surface area contributed by atoms with Crippen molar-refractivity contribution >= 4 is 11.6 Å². The summed E-state index contributed by atoms with van der Waals surface area (Å²) in [6.45, 7) is 4.14. The van der Waals surface area contributed by atoms with E-state index < -0.39 is 0 Å². The molecule has 124 valence electrons. The molecule has 3 saturated heterocycles. The van der Waals surface area contributed by atoms with Crippen LogP contribution in [-0.4, -0.2) is 60.8 Å². The molecule has 6 heteroatoms. The second-order valence-corrected chi connectivity index (χ2v) is 6.67. The van der Waals surface area contributed by atoms with Gasteiger partial charge in [0, 0.05) is 44.5 Å². The van der Waals surface area contributed by atoms with Gasteiger partial charge in [-0.3, -0.25) is 14.7 Å². The highest BCUT2D eigenvalue weighted by Gasteiger charge is 2.48. The predicted molar refractivity (Wildman–Crippen MR) is 85.0 cm³/mol. The molecular formula is C17H23N3O3. The molecule has 6 nitrogen and oxygen atoms in total. The van der Waals surface area contributed by atoms with Crippen molar-refractivity contribution < 1.29 is 14.3 Å². The number of aromatic nitrogens is 1. The van der Waals surface area contributed by atoms with Gasteiger partial charge in [0.25, 0.3) is 0 Å². The Labute approximate surface area is 136 Å². The van der Waals surface area contributed by atoms with Crippen LogP contribution in [0.15, 0.2) is 24.5 Å². The maximum Gasteiger partial charge on any atom is 0.230 e. The lowest BCUT2D eigenvalue weighted by atomic mass is 9.92. The van der Waals surface area contributed by atoms with Crippen molar-refractivity contribution in [3.05, 3.63) is 24.5 Å². The topological polar surface area (TPSA) is 63.7 Å². The zero-order valence-electron chi connectivity index (χ0n) is 13.2. The standard InChI is InChI=1S/C17H23N3O3/c21-17(19-12-2-1-5-18-8-12)15-11-23-16-10-20(9-14(15)16)13-3-6-22-7-4-13/h1-2,5,8,13-16H,3-4,6-7,9-11H2,(H,19,21)/t14-,15+,16-/m1/s1. The van der Waals surface area contributed by atoms with Crippen LogP contribution in [0.25, 0.3) is 0 Å². The Morgan fingerprint density at radius 3 is 2.96 bits per heavy atom. The van der Waals surface area contributed by atoms with Crippen LogP contribution in [0, 0.1) is 11.8 Å². The monoisotopic (exact) mass is 317 g/mol. The van der Waals surface area contributed by atoms with Crippen LogP contribution in [0.4, 0.5) is 5.69 Å². The van der Waals surface area contributed by atoms with Crippen molar-refractivity contribution in [1.82, 2.24) is 9.88 Å². The van der Waals surface area contributed by atoms with E-state index in [0.29, 0.717) is 18.6 Å². The van der Waals surface area contributed by atoms with E-state index in [0.717, 1.165) is 44.8 Å². The maximum absolute atomic E-state index is 12.6. The quantitative estimate of drug-likeness (QED) is 0.906. The molecule has 4 heterocycles. The fourth-order valence-electron chi connectivity index (χ4n) is 4.03. The molecule has 1 amide bonds. The zero-order valence-corrected chi connectivity index (χ0v) is 13.2. The molecule has 3 aliphatic rings. The number of carbonyl (C=O) groups is 1. The van der Waals surface area contributed by atoms with E-state index in [1.54, 1.807) is 12.4 Å². The van der Waals surface area contributed by atoms with E-state index in [1.807, 2.05) is 12.1 Å². The summed E-state index contributed by atoms with van der Waals surface area (Å²) in [5.74, 6) is 0.291. The van der Waals surface area contributed by atoms with Crippen LogP contribution in [0.3, 0.4) is 0 Å². The second kappa shape index (κ2) is 6.55. The number of nitrogens with one attached hydrogen (secondary N) is 1. The first-order valence-corrected chi connectivity index (χ1v) is 8.45. The largest absolute Gasteiger partial charge is 0.381 e. The minimum atomic E-state index is -0.0648. The van der Waals surface area contributed by atoms with E-state index in [2.05, 4.69) is 15.2 Å². The zero-order chi connectivity index (χ0) is 15.6. The van der Waals surface area contributed by atoms with Gasteiger partial charge in [-0.15, -0.1) is 0 Å². The summed E-state index contributed by atoms with van der Waals surface area (Å²) >= 11 is 0. The van der Waals surface area contributed by atoms with Crippen LogP contribution < -0.4 is 5.32 Å². The molecule has 0 unspecified atom stereocenters. The highest BCUT2D eigenvalue weighted by atomic mass is 16.5. The summed E-state index contributed by atoms with van der Waals surface area (Å²) < 4.78 is 11.4. The van der Waals surface area contributed by atoms with Gasteiger partial charge in [0.1, 0.15) is 0 Å². The fraction of sp³-hybridized carbons (Fsp3) is 0.647. The lowest BCUT2D eigenvalue weighted by Gasteiger charge is -2.31. The number of hydrogen-bond acceptors (Lipinski definition) is 5. The van der Waals surface area contributed by atoms with Gasteiger partial charge in [-0.2, -0.15) is 0 Å². The van der Waals surface area contributed by atoms with E-state index >= 15 is 0 Å².